The molecule has 0 saturated carbocycles. The average molecular weight is 388 g/mol. The summed E-state index contributed by atoms with van der Waals surface area (Å²) in [5.74, 6) is -0.135. The Kier molecular flexibility index (Phi) is 5.50. The van der Waals surface area contributed by atoms with Gasteiger partial charge in [0, 0.05) is 16.4 Å². The molecule has 1 aromatic heterocycles. The third-order valence-electron chi connectivity index (χ3n) is 3.38. The number of urea groups is 1. The lowest BCUT2D eigenvalue weighted by atomic mass is 10.2. The fraction of sp³-hybridized carbons (Fsp3) is 0. The maximum Gasteiger partial charge on any atom is 0.336 e. The fourth-order valence-electron chi connectivity index (χ4n) is 2.14. The van der Waals surface area contributed by atoms with Crippen molar-refractivity contribution in [2.45, 2.75) is 0 Å². The molecule has 0 aliphatic rings. The Morgan fingerprint density at radius 1 is 0.962 bits per heavy atom. The van der Waals surface area contributed by atoms with Gasteiger partial charge in [0.2, 0.25) is 0 Å². The predicted octanol–water partition coefficient (Wildman–Crippen LogP) is 5.07. The predicted molar refractivity (Wildman–Crippen MR) is 105 cm³/mol. The lowest BCUT2D eigenvalue weighted by Crippen LogP contribution is -2.26. The summed E-state index contributed by atoms with van der Waals surface area (Å²) in [4.78, 5) is 24.2. The first-order valence-corrected chi connectivity index (χ1v) is 8.31. The third-order valence-corrected chi connectivity index (χ3v) is 4.03. The van der Waals surface area contributed by atoms with Crippen molar-refractivity contribution in [2.24, 2.45) is 0 Å². The summed E-state index contributed by atoms with van der Waals surface area (Å²) in [6.45, 7) is 0. The number of carbonyl (C=O) groups excluding carboxylic acids is 2. The summed E-state index contributed by atoms with van der Waals surface area (Å²) in [7, 11) is 0. The summed E-state index contributed by atoms with van der Waals surface area (Å²) in [5, 5.41) is 5.90. The summed E-state index contributed by atoms with van der Waals surface area (Å²) in [6.07, 6.45) is 1.43. The Morgan fingerprint density at radius 2 is 1.65 bits per heavy atom. The molecule has 132 valence electrons. The SMILES string of the molecule is O=C(Nc1ccc(NC(=O)N(S)c2cccc(Cl)c2)cc1)c1ccco1. The molecule has 3 rings (SSSR count). The van der Waals surface area contributed by atoms with Crippen molar-refractivity contribution in [3.63, 3.8) is 0 Å². The van der Waals surface area contributed by atoms with Gasteiger partial charge >= 0.3 is 6.03 Å². The molecule has 8 heteroatoms. The van der Waals surface area contributed by atoms with E-state index in [1.807, 2.05) is 0 Å². The third kappa shape index (κ3) is 4.38. The molecule has 2 N–H and O–H groups in total. The molecular weight excluding hydrogens is 374 g/mol. The van der Waals surface area contributed by atoms with Gasteiger partial charge in [-0.2, -0.15) is 0 Å². The Labute approximate surface area is 160 Å². The number of amides is 3. The molecule has 26 heavy (non-hydrogen) atoms. The van der Waals surface area contributed by atoms with Crippen LogP contribution in [0.25, 0.3) is 0 Å². The Morgan fingerprint density at radius 3 is 2.27 bits per heavy atom. The Hall–Kier alpha value is -2.90. The monoisotopic (exact) mass is 387 g/mol. The second-order valence-electron chi connectivity index (χ2n) is 5.23. The van der Waals surface area contributed by atoms with Crippen LogP contribution in [0, 0.1) is 0 Å². The fourth-order valence-corrected chi connectivity index (χ4v) is 2.50. The molecule has 0 unspecified atom stereocenters. The smallest absolute Gasteiger partial charge is 0.336 e. The van der Waals surface area contributed by atoms with Crippen LogP contribution in [0.5, 0.6) is 0 Å². The van der Waals surface area contributed by atoms with E-state index in [1.165, 1.54) is 6.26 Å². The normalized spacial score (nSPS) is 10.2. The molecule has 0 bridgehead atoms. The molecule has 3 amide bonds. The summed E-state index contributed by atoms with van der Waals surface area (Å²) in [5.41, 5.74) is 1.66. The van der Waals surface area contributed by atoms with Crippen LogP contribution >= 0.6 is 24.4 Å². The minimum absolute atomic E-state index is 0.217. The minimum atomic E-state index is -0.442. The van der Waals surface area contributed by atoms with E-state index in [-0.39, 0.29) is 11.7 Å². The highest BCUT2D eigenvalue weighted by molar-refractivity contribution is 7.82. The van der Waals surface area contributed by atoms with Gasteiger partial charge in [-0.1, -0.05) is 30.5 Å². The van der Waals surface area contributed by atoms with Crippen LogP contribution in [0.15, 0.2) is 71.3 Å². The maximum atomic E-state index is 12.3. The number of carbonyl (C=O) groups is 2. The quantitative estimate of drug-likeness (QED) is 0.547. The largest absolute Gasteiger partial charge is 0.459 e. The molecule has 1 heterocycles. The molecule has 0 aliphatic heterocycles. The Bertz CT molecular complexity index is 914. The standard InChI is InChI=1S/C18H14ClN3O3S/c19-12-3-1-4-15(11-12)22(26)18(24)21-14-8-6-13(7-9-14)20-17(23)16-5-2-10-25-16/h1-11,26H,(H,20,23)(H,21,24). The van der Waals surface area contributed by atoms with Gasteiger partial charge in [-0.15, -0.1) is 0 Å². The number of nitrogens with zero attached hydrogens (tertiary/aromatic N) is 1. The van der Waals surface area contributed by atoms with Gasteiger partial charge in [0.15, 0.2) is 5.76 Å². The number of hydrogen-bond donors (Lipinski definition) is 3. The summed E-state index contributed by atoms with van der Waals surface area (Å²) < 4.78 is 6.18. The molecule has 0 aliphatic carbocycles. The molecule has 0 spiro atoms. The number of anilines is 3. The van der Waals surface area contributed by atoms with Crippen molar-refractivity contribution >= 4 is 53.4 Å². The molecular formula is C18H14ClN3O3S. The van der Waals surface area contributed by atoms with Crippen LogP contribution < -0.4 is 14.9 Å². The van der Waals surface area contributed by atoms with Crippen molar-refractivity contribution in [1.29, 1.82) is 0 Å². The van der Waals surface area contributed by atoms with Gasteiger partial charge in [-0.25, -0.2) is 9.10 Å². The molecule has 3 aromatic rings. The van der Waals surface area contributed by atoms with E-state index in [0.717, 1.165) is 4.31 Å². The van der Waals surface area contributed by atoms with Crippen LogP contribution in [-0.4, -0.2) is 11.9 Å². The molecule has 2 aromatic carbocycles. The van der Waals surface area contributed by atoms with Crippen LogP contribution in [0.3, 0.4) is 0 Å². The van der Waals surface area contributed by atoms with E-state index in [1.54, 1.807) is 60.7 Å². The topological polar surface area (TPSA) is 74.6 Å². The first kappa shape index (κ1) is 17.9. The average Bonchev–Trinajstić information content (AvgIpc) is 3.17. The number of benzene rings is 2. The van der Waals surface area contributed by atoms with Crippen LogP contribution in [0.4, 0.5) is 21.9 Å². The van der Waals surface area contributed by atoms with E-state index in [2.05, 4.69) is 23.4 Å². The van der Waals surface area contributed by atoms with E-state index in [9.17, 15) is 9.59 Å². The van der Waals surface area contributed by atoms with Gasteiger partial charge in [0.25, 0.3) is 5.91 Å². The molecule has 0 radical (unpaired) electrons. The second kappa shape index (κ2) is 7.99. The number of hydrogen-bond acceptors (Lipinski definition) is 4. The van der Waals surface area contributed by atoms with Crippen LogP contribution in [0.2, 0.25) is 5.02 Å². The van der Waals surface area contributed by atoms with Crippen molar-refractivity contribution in [3.8, 4) is 0 Å². The lowest BCUT2D eigenvalue weighted by molar-refractivity contribution is 0.0996. The van der Waals surface area contributed by atoms with Gasteiger partial charge in [-0.3, -0.25) is 4.79 Å². The van der Waals surface area contributed by atoms with E-state index >= 15 is 0 Å². The molecule has 6 nitrogen and oxygen atoms in total. The number of thiol groups is 1. The zero-order valence-electron chi connectivity index (χ0n) is 13.3. The van der Waals surface area contributed by atoms with Crippen molar-refractivity contribution < 1.29 is 14.0 Å². The van der Waals surface area contributed by atoms with Crippen LogP contribution in [0.1, 0.15) is 10.6 Å². The number of nitrogens with one attached hydrogen (secondary N) is 2. The highest BCUT2D eigenvalue weighted by atomic mass is 35.5. The molecule has 0 saturated heterocycles. The van der Waals surface area contributed by atoms with Gasteiger partial charge in [0.1, 0.15) is 0 Å². The highest BCUT2D eigenvalue weighted by Crippen LogP contribution is 2.22. The maximum absolute atomic E-state index is 12.3. The number of halogens is 1. The van der Waals surface area contributed by atoms with Crippen molar-refractivity contribution in [3.05, 3.63) is 77.7 Å². The molecule has 0 fully saturated rings. The first-order chi connectivity index (χ1) is 12.5. The number of furan rings is 1. The van der Waals surface area contributed by atoms with Crippen molar-refractivity contribution in [1.82, 2.24) is 0 Å². The van der Waals surface area contributed by atoms with Crippen molar-refractivity contribution in [2.75, 3.05) is 14.9 Å². The Balaban J connectivity index is 1.61. The summed E-state index contributed by atoms with van der Waals surface area (Å²) >= 11 is 10.1. The van der Waals surface area contributed by atoms with E-state index in [0.29, 0.717) is 22.1 Å². The van der Waals surface area contributed by atoms with E-state index < -0.39 is 6.03 Å². The number of rotatable bonds is 4. The summed E-state index contributed by atoms with van der Waals surface area (Å²) in [6, 6.07) is 16.2. The highest BCUT2D eigenvalue weighted by Gasteiger charge is 2.13. The van der Waals surface area contributed by atoms with E-state index in [4.69, 9.17) is 16.0 Å². The first-order valence-electron chi connectivity index (χ1n) is 7.53. The van der Waals surface area contributed by atoms with Gasteiger partial charge in [0.05, 0.1) is 12.0 Å². The zero-order chi connectivity index (χ0) is 18.5. The zero-order valence-corrected chi connectivity index (χ0v) is 15.0. The molecule has 0 atom stereocenters. The van der Waals surface area contributed by atoms with Crippen LogP contribution in [-0.2, 0) is 0 Å². The van der Waals surface area contributed by atoms with Gasteiger partial charge in [-0.05, 0) is 54.6 Å². The minimum Gasteiger partial charge on any atom is -0.459 e. The van der Waals surface area contributed by atoms with Gasteiger partial charge < -0.3 is 15.1 Å². The second-order valence-corrected chi connectivity index (χ2v) is 6.07. The lowest BCUT2D eigenvalue weighted by Gasteiger charge is -2.17.